The predicted octanol–water partition coefficient (Wildman–Crippen LogP) is 0.893. The molecule has 0 amide bonds. The first-order valence-electron chi connectivity index (χ1n) is 5.69. The molecule has 0 spiro atoms. The monoisotopic (exact) mass is 280 g/mol. The second-order valence-electron chi connectivity index (χ2n) is 3.91. The zero-order valence-corrected chi connectivity index (χ0v) is 10.3. The summed E-state index contributed by atoms with van der Waals surface area (Å²) in [5, 5.41) is 2.53. The summed E-state index contributed by atoms with van der Waals surface area (Å²) in [5.41, 5.74) is 4.16. The van der Waals surface area contributed by atoms with E-state index in [1.54, 1.807) is 6.92 Å². The molecule has 0 bridgehead atoms. The molecule has 0 aromatic carbocycles. The third-order valence-electron chi connectivity index (χ3n) is 2.49. The Labute approximate surface area is 106 Å². The highest BCUT2D eigenvalue weighted by Crippen LogP contribution is 2.21. The van der Waals surface area contributed by atoms with E-state index in [1.165, 1.54) is 0 Å². The molecule has 9 heteroatoms. The van der Waals surface area contributed by atoms with E-state index in [-0.39, 0.29) is 31.0 Å². The molecule has 0 radical (unpaired) electrons. The Balaban J connectivity index is 2.79. The fraction of sp³-hybridized carbons (Fsp3) is 0.600. The first kappa shape index (κ1) is 15.1. The van der Waals surface area contributed by atoms with Crippen molar-refractivity contribution in [3.63, 3.8) is 0 Å². The number of rotatable bonds is 5. The van der Waals surface area contributed by atoms with Gasteiger partial charge in [0.05, 0.1) is 0 Å². The van der Waals surface area contributed by atoms with Gasteiger partial charge in [0.2, 0.25) is 0 Å². The topological polar surface area (TPSA) is 92.9 Å². The van der Waals surface area contributed by atoms with Gasteiger partial charge in [0.1, 0.15) is 11.5 Å². The summed E-state index contributed by atoms with van der Waals surface area (Å²) in [6, 6.07) is 0. The van der Waals surface area contributed by atoms with Gasteiger partial charge in [0.25, 0.3) is 5.56 Å². The van der Waals surface area contributed by atoms with Gasteiger partial charge in [-0.2, -0.15) is 13.2 Å². The number of alkyl halides is 3. The quantitative estimate of drug-likeness (QED) is 0.698. The Morgan fingerprint density at radius 2 is 2.00 bits per heavy atom. The Morgan fingerprint density at radius 1 is 1.37 bits per heavy atom. The number of hydrogen-bond donors (Lipinski definition) is 3. The maximum Gasteiger partial charge on any atom is 0.389 e. The van der Waals surface area contributed by atoms with Crippen molar-refractivity contribution in [3.05, 3.63) is 20.8 Å². The number of aromatic nitrogens is 2. The Morgan fingerprint density at radius 3 is 2.53 bits per heavy atom. The van der Waals surface area contributed by atoms with Crippen molar-refractivity contribution in [1.82, 2.24) is 9.55 Å². The van der Waals surface area contributed by atoms with Crippen LogP contribution < -0.4 is 22.3 Å². The number of nitrogen functional groups attached to an aromatic ring is 1. The summed E-state index contributed by atoms with van der Waals surface area (Å²) < 4.78 is 37.0. The van der Waals surface area contributed by atoms with Crippen LogP contribution >= 0.6 is 0 Å². The molecular formula is C10H15F3N4O2. The van der Waals surface area contributed by atoms with Gasteiger partial charge in [-0.25, -0.2) is 4.79 Å². The van der Waals surface area contributed by atoms with Crippen LogP contribution in [-0.4, -0.2) is 22.3 Å². The van der Waals surface area contributed by atoms with E-state index in [0.717, 1.165) is 4.57 Å². The summed E-state index contributed by atoms with van der Waals surface area (Å²) >= 11 is 0. The first-order valence-corrected chi connectivity index (χ1v) is 5.69. The van der Waals surface area contributed by atoms with Crippen molar-refractivity contribution in [2.75, 3.05) is 17.6 Å². The smallest absolute Gasteiger partial charge is 0.383 e. The second-order valence-corrected chi connectivity index (χ2v) is 3.91. The van der Waals surface area contributed by atoms with Crippen molar-refractivity contribution < 1.29 is 13.2 Å². The molecule has 0 aliphatic carbocycles. The van der Waals surface area contributed by atoms with Crippen LogP contribution in [0.15, 0.2) is 9.59 Å². The van der Waals surface area contributed by atoms with Crippen LogP contribution in [0.4, 0.5) is 24.7 Å². The molecule has 108 valence electrons. The molecule has 0 atom stereocenters. The molecule has 0 saturated carbocycles. The van der Waals surface area contributed by atoms with E-state index in [4.69, 9.17) is 5.73 Å². The highest BCUT2D eigenvalue weighted by atomic mass is 19.4. The average molecular weight is 280 g/mol. The van der Waals surface area contributed by atoms with Gasteiger partial charge in [0, 0.05) is 19.5 Å². The molecule has 0 saturated heterocycles. The van der Waals surface area contributed by atoms with E-state index >= 15 is 0 Å². The third-order valence-corrected chi connectivity index (χ3v) is 2.49. The summed E-state index contributed by atoms with van der Waals surface area (Å²) in [6.07, 6.45) is -5.37. The maximum absolute atomic E-state index is 11.9. The normalized spacial score (nSPS) is 11.6. The number of H-pyrrole nitrogens is 1. The SMILES string of the molecule is CCn1c(N)c(NCCCC(F)(F)F)c(=O)[nH]c1=O. The van der Waals surface area contributed by atoms with Gasteiger partial charge >= 0.3 is 11.9 Å². The molecule has 0 aliphatic heterocycles. The summed E-state index contributed by atoms with van der Waals surface area (Å²) in [7, 11) is 0. The predicted molar refractivity (Wildman–Crippen MR) is 65.2 cm³/mol. The van der Waals surface area contributed by atoms with Crippen molar-refractivity contribution in [3.8, 4) is 0 Å². The van der Waals surface area contributed by atoms with Gasteiger partial charge < -0.3 is 11.1 Å². The highest BCUT2D eigenvalue weighted by Gasteiger charge is 2.26. The number of nitrogens with two attached hydrogens (primary N) is 1. The van der Waals surface area contributed by atoms with Crippen LogP contribution in [0.5, 0.6) is 0 Å². The van der Waals surface area contributed by atoms with E-state index < -0.39 is 23.8 Å². The lowest BCUT2D eigenvalue weighted by Crippen LogP contribution is -2.33. The van der Waals surface area contributed by atoms with Gasteiger partial charge in [-0.3, -0.25) is 14.3 Å². The number of nitrogens with one attached hydrogen (secondary N) is 2. The van der Waals surface area contributed by atoms with Crippen LogP contribution in [0.2, 0.25) is 0 Å². The maximum atomic E-state index is 11.9. The zero-order valence-electron chi connectivity index (χ0n) is 10.3. The summed E-state index contributed by atoms with van der Waals surface area (Å²) in [4.78, 5) is 24.9. The largest absolute Gasteiger partial charge is 0.389 e. The lowest BCUT2D eigenvalue weighted by Gasteiger charge is -2.12. The van der Waals surface area contributed by atoms with Crippen LogP contribution in [0.3, 0.4) is 0 Å². The molecule has 6 nitrogen and oxygen atoms in total. The molecular weight excluding hydrogens is 265 g/mol. The summed E-state index contributed by atoms with van der Waals surface area (Å²) in [5.74, 6) is -0.0803. The standard InChI is InChI=1S/C10H15F3N4O2/c1-2-17-7(14)6(8(18)16-9(17)19)15-5-3-4-10(11,12)13/h15H,2-5,14H2,1H3,(H,16,18,19). The van der Waals surface area contributed by atoms with Crippen molar-refractivity contribution in [2.45, 2.75) is 32.5 Å². The van der Waals surface area contributed by atoms with Gasteiger partial charge in [0.15, 0.2) is 0 Å². The fourth-order valence-electron chi connectivity index (χ4n) is 1.57. The first-order chi connectivity index (χ1) is 8.76. The number of anilines is 2. The molecule has 19 heavy (non-hydrogen) atoms. The van der Waals surface area contributed by atoms with E-state index in [1.807, 2.05) is 4.98 Å². The average Bonchev–Trinajstić information content (AvgIpc) is 2.26. The number of hydrogen-bond acceptors (Lipinski definition) is 4. The number of nitrogens with zero attached hydrogens (tertiary/aromatic N) is 1. The Bertz CT molecular complexity index is 547. The Hall–Kier alpha value is -1.93. The summed E-state index contributed by atoms with van der Waals surface area (Å²) in [6.45, 7) is 1.84. The van der Waals surface area contributed by atoms with Gasteiger partial charge in [-0.15, -0.1) is 0 Å². The lowest BCUT2D eigenvalue weighted by atomic mass is 10.3. The molecule has 1 rings (SSSR count). The van der Waals surface area contributed by atoms with Gasteiger partial charge in [-0.05, 0) is 13.3 Å². The number of aromatic amines is 1. The molecule has 0 aliphatic rings. The minimum Gasteiger partial charge on any atom is -0.383 e. The molecule has 0 unspecified atom stereocenters. The molecule has 4 N–H and O–H groups in total. The lowest BCUT2D eigenvalue weighted by molar-refractivity contribution is -0.134. The number of halogens is 3. The molecule has 1 heterocycles. The second kappa shape index (κ2) is 5.81. The van der Waals surface area contributed by atoms with Crippen LogP contribution in [0.1, 0.15) is 19.8 Å². The van der Waals surface area contributed by atoms with Crippen LogP contribution in [-0.2, 0) is 6.54 Å². The van der Waals surface area contributed by atoms with Crippen molar-refractivity contribution in [2.24, 2.45) is 0 Å². The van der Waals surface area contributed by atoms with Crippen LogP contribution in [0.25, 0.3) is 0 Å². The van der Waals surface area contributed by atoms with Crippen molar-refractivity contribution >= 4 is 11.5 Å². The van der Waals surface area contributed by atoms with E-state index in [9.17, 15) is 22.8 Å². The van der Waals surface area contributed by atoms with E-state index in [2.05, 4.69) is 5.32 Å². The highest BCUT2D eigenvalue weighted by molar-refractivity contribution is 5.60. The molecule has 1 aromatic heterocycles. The third kappa shape index (κ3) is 4.04. The van der Waals surface area contributed by atoms with Crippen LogP contribution in [0, 0.1) is 0 Å². The molecule has 0 fully saturated rings. The molecule has 1 aromatic rings. The fourth-order valence-corrected chi connectivity index (χ4v) is 1.57. The zero-order chi connectivity index (χ0) is 14.6. The van der Waals surface area contributed by atoms with Gasteiger partial charge in [-0.1, -0.05) is 0 Å². The minimum absolute atomic E-state index is 0.0608. The Kier molecular flexibility index (Phi) is 4.62. The van der Waals surface area contributed by atoms with E-state index in [0.29, 0.717) is 0 Å². The minimum atomic E-state index is -4.23. The van der Waals surface area contributed by atoms with Crippen molar-refractivity contribution in [1.29, 1.82) is 0 Å².